The first-order chi connectivity index (χ1) is 15.4. The summed E-state index contributed by atoms with van der Waals surface area (Å²) in [4.78, 5) is 21.5. The van der Waals surface area contributed by atoms with E-state index in [9.17, 15) is 36.5 Å². The smallest absolute Gasteiger partial charge is 0.416 e. The van der Waals surface area contributed by atoms with E-state index in [1.807, 2.05) is 4.72 Å². The van der Waals surface area contributed by atoms with Gasteiger partial charge in [-0.2, -0.15) is 13.2 Å². The van der Waals surface area contributed by atoms with E-state index in [0.29, 0.717) is 12.1 Å². The lowest BCUT2D eigenvalue weighted by Crippen LogP contribution is -2.15. The van der Waals surface area contributed by atoms with Crippen LogP contribution in [-0.2, 0) is 20.9 Å². The lowest BCUT2D eigenvalue weighted by molar-refractivity contribution is -0.384. The predicted octanol–water partition coefficient (Wildman–Crippen LogP) is 5.05. The molecule has 0 radical (unpaired) electrons. The second kappa shape index (κ2) is 9.07. The number of methoxy groups -OCH3 is 1. The number of thiophene rings is 1. The maximum atomic E-state index is 13.2. The first-order valence-electron chi connectivity index (χ1n) is 8.74. The molecule has 3 rings (SSSR count). The van der Waals surface area contributed by atoms with E-state index in [-0.39, 0.29) is 22.1 Å². The summed E-state index contributed by atoms with van der Waals surface area (Å²) in [5.74, 6) is -1.13. The van der Waals surface area contributed by atoms with Crippen molar-refractivity contribution in [2.45, 2.75) is 11.1 Å². The van der Waals surface area contributed by atoms with Crippen molar-refractivity contribution in [1.82, 2.24) is 0 Å². The highest BCUT2D eigenvalue weighted by atomic mass is 32.2. The normalized spacial score (nSPS) is 11.6. The summed E-state index contributed by atoms with van der Waals surface area (Å²) < 4.78 is 77.3. The van der Waals surface area contributed by atoms with Crippen LogP contribution in [0.2, 0.25) is 0 Å². The minimum absolute atomic E-state index is 0.0153. The zero-order chi connectivity index (χ0) is 24.4. The molecule has 3 aromatic rings. The SMILES string of the molecule is COC(=O)c1sccc1Oc1ccc(C(F)(F)F)cc1NS(=O)(=O)c1ccc([N+](=O)[O-])cc1. The summed E-state index contributed by atoms with van der Waals surface area (Å²) in [6.45, 7) is 0. The minimum Gasteiger partial charge on any atom is -0.465 e. The van der Waals surface area contributed by atoms with Gasteiger partial charge < -0.3 is 9.47 Å². The van der Waals surface area contributed by atoms with Crippen molar-refractivity contribution in [2.24, 2.45) is 0 Å². The van der Waals surface area contributed by atoms with E-state index >= 15 is 0 Å². The molecule has 1 aromatic heterocycles. The average molecular weight is 502 g/mol. The zero-order valence-electron chi connectivity index (χ0n) is 16.5. The van der Waals surface area contributed by atoms with Crippen LogP contribution in [0.15, 0.2) is 58.8 Å². The van der Waals surface area contributed by atoms with Gasteiger partial charge in [0.1, 0.15) is 0 Å². The Morgan fingerprint density at radius 1 is 1.09 bits per heavy atom. The fourth-order valence-electron chi connectivity index (χ4n) is 2.56. The molecule has 14 heteroatoms. The predicted molar refractivity (Wildman–Crippen MR) is 111 cm³/mol. The quantitative estimate of drug-likeness (QED) is 0.272. The van der Waals surface area contributed by atoms with E-state index in [2.05, 4.69) is 4.74 Å². The van der Waals surface area contributed by atoms with Gasteiger partial charge >= 0.3 is 12.1 Å². The highest BCUT2D eigenvalue weighted by molar-refractivity contribution is 7.92. The molecule has 1 heterocycles. The fourth-order valence-corrected chi connectivity index (χ4v) is 4.36. The van der Waals surface area contributed by atoms with Gasteiger partial charge in [0.05, 0.1) is 28.2 Å². The molecule has 174 valence electrons. The van der Waals surface area contributed by atoms with Gasteiger partial charge in [-0.1, -0.05) is 0 Å². The van der Waals surface area contributed by atoms with Crippen LogP contribution in [0.3, 0.4) is 0 Å². The third-order valence-corrected chi connectivity index (χ3v) is 6.39. The maximum absolute atomic E-state index is 13.2. The second-order valence-corrected chi connectivity index (χ2v) is 8.87. The van der Waals surface area contributed by atoms with Crippen molar-refractivity contribution in [3.63, 3.8) is 0 Å². The van der Waals surface area contributed by atoms with E-state index < -0.39 is 43.2 Å². The number of alkyl halides is 3. The molecule has 0 spiro atoms. The van der Waals surface area contributed by atoms with Crippen molar-refractivity contribution >= 4 is 38.7 Å². The van der Waals surface area contributed by atoms with Crippen LogP contribution in [0.4, 0.5) is 24.5 Å². The standard InChI is InChI=1S/C19H13F3N2O7S2/c1-30-18(25)17-16(8-9-32-17)31-15-7-2-11(19(20,21)22)10-14(15)23-33(28,29)13-5-3-12(4-6-13)24(26)27/h2-10,23H,1H3. The molecule has 0 bridgehead atoms. The monoisotopic (exact) mass is 502 g/mol. The van der Waals surface area contributed by atoms with Gasteiger partial charge in [0.15, 0.2) is 16.4 Å². The number of carbonyl (C=O) groups is 1. The first kappa shape index (κ1) is 24.0. The number of carbonyl (C=O) groups excluding carboxylic acids is 1. The van der Waals surface area contributed by atoms with Crippen LogP contribution in [0.5, 0.6) is 11.5 Å². The summed E-state index contributed by atoms with van der Waals surface area (Å²) in [7, 11) is -3.33. The molecule has 0 aliphatic carbocycles. The van der Waals surface area contributed by atoms with E-state index in [0.717, 1.165) is 48.8 Å². The van der Waals surface area contributed by atoms with Gasteiger partial charge in [-0.3, -0.25) is 14.8 Å². The first-order valence-corrected chi connectivity index (χ1v) is 11.1. The molecule has 0 amide bonds. The molecule has 0 saturated heterocycles. The lowest BCUT2D eigenvalue weighted by Gasteiger charge is -2.16. The topological polar surface area (TPSA) is 125 Å². The Labute approximate surface area is 188 Å². The Bertz CT molecular complexity index is 1300. The van der Waals surface area contributed by atoms with Crippen LogP contribution < -0.4 is 9.46 Å². The number of nitro benzene ring substituents is 1. The van der Waals surface area contributed by atoms with Crippen LogP contribution in [0, 0.1) is 10.1 Å². The second-order valence-electron chi connectivity index (χ2n) is 6.27. The number of nitrogens with zero attached hydrogens (tertiary/aromatic N) is 1. The van der Waals surface area contributed by atoms with Crippen LogP contribution in [0.25, 0.3) is 0 Å². The number of anilines is 1. The Morgan fingerprint density at radius 3 is 2.33 bits per heavy atom. The molecule has 0 aliphatic heterocycles. The number of rotatable bonds is 7. The number of benzene rings is 2. The zero-order valence-corrected chi connectivity index (χ0v) is 18.1. The van der Waals surface area contributed by atoms with Crippen molar-refractivity contribution in [1.29, 1.82) is 0 Å². The van der Waals surface area contributed by atoms with E-state index in [1.54, 1.807) is 0 Å². The highest BCUT2D eigenvalue weighted by Gasteiger charge is 2.32. The van der Waals surface area contributed by atoms with Crippen LogP contribution in [-0.4, -0.2) is 26.4 Å². The molecule has 0 aliphatic rings. The molecule has 0 atom stereocenters. The molecule has 9 nitrogen and oxygen atoms in total. The molecule has 33 heavy (non-hydrogen) atoms. The number of hydrogen-bond acceptors (Lipinski definition) is 8. The van der Waals surface area contributed by atoms with Crippen LogP contribution >= 0.6 is 11.3 Å². The van der Waals surface area contributed by atoms with Gasteiger partial charge in [-0.05, 0) is 41.8 Å². The molecular weight excluding hydrogens is 489 g/mol. The molecular formula is C19H13F3N2O7S2. The molecule has 0 fully saturated rings. The number of sulfonamides is 1. The highest BCUT2D eigenvalue weighted by Crippen LogP contribution is 2.39. The number of nitro groups is 1. The third kappa shape index (κ3) is 5.40. The Kier molecular flexibility index (Phi) is 6.60. The van der Waals surface area contributed by atoms with Crippen molar-refractivity contribution < 1.29 is 40.8 Å². The number of nitrogens with one attached hydrogen (secondary N) is 1. The van der Waals surface area contributed by atoms with Gasteiger partial charge in [0.25, 0.3) is 15.7 Å². The Balaban J connectivity index is 2.02. The van der Waals surface area contributed by atoms with Crippen molar-refractivity contribution in [3.05, 3.63) is 74.5 Å². The fraction of sp³-hybridized carbons (Fsp3) is 0.105. The number of halogens is 3. The van der Waals surface area contributed by atoms with Gasteiger partial charge in [-0.25, -0.2) is 13.2 Å². The van der Waals surface area contributed by atoms with E-state index in [4.69, 9.17) is 4.74 Å². The molecule has 0 saturated carbocycles. The number of esters is 1. The lowest BCUT2D eigenvalue weighted by atomic mass is 10.2. The molecule has 2 aromatic carbocycles. The largest absolute Gasteiger partial charge is 0.465 e. The summed E-state index contributed by atoms with van der Waals surface area (Å²) in [5.41, 5.74) is -2.09. The summed E-state index contributed by atoms with van der Waals surface area (Å²) >= 11 is 0.955. The molecule has 0 unspecified atom stereocenters. The summed E-state index contributed by atoms with van der Waals surface area (Å²) in [5, 5.41) is 12.2. The maximum Gasteiger partial charge on any atom is 0.416 e. The molecule has 1 N–H and O–H groups in total. The van der Waals surface area contributed by atoms with Gasteiger partial charge in [0, 0.05) is 12.1 Å². The van der Waals surface area contributed by atoms with Crippen molar-refractivity contribution in [3.8, 4) is 11.5 Å². The Morgan fingerprint density at radius 2 is 1.76 bits per heavy atom. The Hall–Kier alpha value is -3.65. The van der Waals surface area contributed by atoms with Crippen LogP contribution in [0.1, 0.15) is 15.2 Å². The van der Waals surface area contributed by atoms with Gasteiger partial charge in [0.2, 0.25) is 0 Å². The average Bonchev–Trinajstić information content (AvgIpc) is 3.21. The minimum atomic E-state index is -4.79. The summed E-state index contributed by atoms with van der Waals surface area (Å²) in [6, 6.07) is 7.22. The summed E-state index contributed by atoms with van der Waals surface area (Å²) in [6.07, 6.45) is -4.79. The number of hydrogen-bond donors (Lipinski definition) is 1. The third-order valence-electron chi connectivity index (χ3n) is 4.13. The van der Waals surface area contributed by atoms with E-state index in [1.165, 1.54) is 11.4 Å². The van der Waals surface area contributed by atoms with Crippen molar-refractivity contribution in [2.75, 3.05) is 11.8 Å². The number of ether oxygens (including phenoxy) is 2. The van der Waals surface area contributed by atoms with Gasteiger partial charge in [-0.15, -0.1) is 11.3 Å². The number of non-ortho nitro benzene ring substituents is 1.